The predicted molar refractivity (Wildman–Crippen MR) is 162 cm³/mol. The van der Waals surface area contributed by atoms with Crippen LogP contribution >= 0.6 is 11.3 Å². The van der Waals surface area contributed by atoms with Crippen LogP contribution in [0.25, 0.3) is 33.5 Å². The van der Waals surface area contributed by atoms with E-state index in [1.165, 1.54) is 16.9 Å². The van der Waals surface area contributed by atoms with Crippen molar-refractivity contribution in [3.05, 3.63) is 95.1 Å². The van der Waals surface area contributed by atoms with Gasteiger partial charge in [0.1, 0.15) is 0 Å². The molecule has 1 fully saturated rings. The van der Waals surface area contributed by atoms with Crippen LogP contribution in [-0.2, 0) is 6.54 Å². The molecule has 3 aromatic heterocycles. The first kappa shape index (κ1) is 26.1. The fourth-order valence-electron chi connectivity index (χ4n) is 4.86. The third-order valence-corrected chi connectivity index (χ3v) is 8.31. The molecule has 0 unspecified atom stereocenters. The van der Waals surface area contributed by atoms with E-state index in [-0.39, 0.29) is 5.91 Å². The van der Waals surface area contributed by atoms with Crippen LogP contribution in [0, 0.1) is 6.92 Å². The SMILES string of the molecule is Cc1nc(NC(=O)c2ccc(CN3CCN(C)CC3)cc2)sc1-c1ccc2c(/C=C/c3ccccn3)n[nH]c2c1. The molecule has 6 rings (SSSR count). The van der Waals surface area contributed by atoms with Gasteiger partial charge in [-0.15, -0.1) is 0 Å². The number of nitrogens with zero attached hydrogens (tertiary/aromatic N) is 5. The van der Waals surface area contributed by atoms with Gasteiger partial charge in [0.15, 0.2) is 5.13 Å². The van der Waals surface area contributed by atoms with Crippen LogP contribution in [0.3, 0.4) is 0 Å². The Hall–Kier alpha value is -4.18. The van der Waals surface area contributed by atoms with Crippen molar-refractivity contribution in [2.75, 3.05) is 38.5 Å². The number of carbonyl (C=O) groups excluding carboxylic acids is 1. The second-order valence-electron chi connectivity index (χ2n) is 10.1. The van der Waals surface area contributed by atoms with Crippen LogP contribution in [0.15, 0.2) is 66.9 Å². The number of aromatic amines is 1. The molecule has 8 nitrogen and oxygen atoms in total. The lowest BCUT2D eigenvalue weighted by atomic mass is 10.1. The van der Waals surface area contributed by atoms with E-state index in [2.05, 4.69) is 60.5 Å². The summed E-state index contributed by atoms with van der Waals surface area (Å²) in [5.74, 6) is -0.153. The first-order chi connectivity index (χ1) is 19.5. The molecule has 1 aliphatic heterocycles. The van der Waals surface area contributed by atoms with Crippen LogP contribution in [-0.4, -0.2) is 69.1 Å². The zero-order valence-corrected chi connectivity index (χ0v) is 23.4. The lowest BCUT2D eigenvalue weighted by molar-refractivity contribution is 0.102. The zero-order valence-electron chi connectivity index (χ0n) is 22.6. The molecule has 0 saturated carbocycles. The average Bonchev–Trinajstić information content (AvgIpc) is 3.56. The minimum absolute atomic E-state index is 0.153. The fourth-order valence-corrected chi connectivity index (χ4v) is 5.82. The summed E-state index contributed by atoms with van der Waals surface area (Å²) in [5.41, 5.74) is 6.42. The number of anilines is 1. The topological polar surface area (TPSA) is 90.0 Å². The molecular weight excluding hydrogens is 518 g/mol. The maximum atomic E-state index is 13.0. The van der Waals surface area contributed by atoms with E-state index < -0.39 is 0 Å². The molecule has 1 amide bonds. The summed E-state index contributed by atoms with van der Waals surface area (Å²) in [6, 6.07) is 19.9. The van der Waals surface area contributed by atoms with E-state index >= 15 is 0 Å². The molecular formula is C31H31N7OS. The molecule has 9 heteroatoms. The van der Waals surface area contributed by atoms with Crippen molar-refractivity contribution < 1.29 is 4.79 Å². The van der Waals surface area contributed by atoms with Gasteiger partial charge in [-0.05, 0) is 73.6 Å². The fraction of sp³-hybridized carbons (Fsp3) is 0.226. The van der Waals surface area contributed by atoms with Gasteiger partial charge in [0.05, 0.1) is 27.5 Å². The van der Waals surface area contributed by atoms with Gasteiger partial charge in [0, 0.05) is 49.9 Å². The Morgan fingerprint density at radius 1 is 1.05 bits per heavy atom. The molecule has 0 radical (unpaired) electrons. The zero-order chi connectivity index (χ0) is 27.5. The minimum atomic E-state index is -0.153. The maximum absolute atomic E-state index is 13.0. The molecule has 202 valence electrons. The standard InChI is InChI=1S/C31H31N7OS/c1-21-29(24-10-12-26-27(35-36-28(26)19-24)13-11-25-5-3-4-14-32-25)40-31(33-21)34-30(39)23-8-6-22(7-9-23)20-38-17-15-37(2)16-18-38/h3-14,19H,15-18,20H2,1-2H3,(H,35,36)(H,33,34,39)/b13-11+. The maximum Gasteiger partial charge on any atom is 0.257 e. The van der Waals surface area contributed by atoms with Gasteiger partial charge in [0.2, 0.25) is 0 Å². The summed E-state index contributed by atoms with van der Waals surface area (Å²) in [6.07, 6.45) is 5.69. The summed E-state index contributed by atoms with van der Waals surface area (Å²) in [7, 11) is 2.16. The van der Waals surface area contributed by atoms with Crippen molar-refractivity contribution in [3.8, 4) is 10.4 Å². The molecule has 2 N–H and O–H groups in total. The molecule has 0 bridgehead atoms. The third-order valence-electron chi connectivity index (χ3n) is 7.19. The summed E-state index contributed by atoms with van der Waals surface area (Å²) in [5, 5.41) is 12.2. The molecule has 0 aliphatic carbocycles. The first-order valence-corrected chi connectivity index (χ1v) is 14.2. The smallest absolute Gasteiger partial charge is 0.257 e. The van der Waals surface area contributed by atoms with Gasteiger partial charge < -0.3 is 4.90 Å². The van der Waals surface area contributed by atoms with Gasteiger partial charge in [-0.25, -0.2) is 4.98 Å². The van der Waals surface area contributed by atoms with Crippen LogP contribution in [0.1, 0.15) is 33.0 Å². The Bertz CT molecular complexity index is 1650. The predicted octanol–water partition coefficient (Wildman–Crippen LogP) is 5.56. The number of H-pyrrole nitrogens is 1. The summed E-state index contributed by atoms with van der Waals surface area (Å²) < 4.78 is 0. The van der Waals surface area contributed by atoms with E-state index in [1.54, 1.807) is 6.20 Å². The number of benzene rings is 2. The number of aryl methyl sites for hydroxylation is 1. The number of hydrogen-bond donors (Lipinski definition) is 2. The van der Waals surface area contributed by atoms with Crippen LogP contribution < -0.4 is 5.32 Å². The molecule has 1 aliphatic rings. The van der Waals surface area contributed by atoms with Crippen LogP contribution in [0.4, 0.5) is 5.13 Å². The number of thiazole rings is 1. The van der Waals surface area contributed by atoms with E-state index in [1.807, 2.05) is 61.5 Å². The largest absolute Gasteiger partial charge is 0.304 e. The number of fused-ring (bicyclic) bond motifs is 1. The van der Waals surface area contributed by atoms with Gasteiger partial charge in [0.25, 0.3) is 5.91 Å². The second kappa shape index (κ2) is 11.5. The van der Waals surface area contributed by atoms with E-state index in [0.29, 0.717) is 10.7 Å². The molecule has 40 heavy (non-hydrogen) atoms. The third kappa shape index (κ3) is 5.86. The highest BCUT2D eigenvalue weighted by Crippen LogP contribution is 2.35. The number of amides is 1. The van der Waals surface area contributed by atoms with Gasteiger partial charge in [-0.2, -0.15) is 5.10 Å². The molecule has 1 saturated heterocycles. The number of likely N-dealkylation sites (N-methyl/N-ethyl adjacent to an activating group) is 1. The molecule has 2 aromatic carbocycles. The van der Waals surface area contributed by atoms with Crippen LogP contribution in [0.5, 0.6) is 0 Å². The van der Waals surface area contributed by atoms with Gasteiger partial charge in [-0.3, -0.25) is 25.1 Å². The number of pyridine rings is 1. The molecule has 0 atom stereocenters. The van der Waals surface area contributed by atoms with Crippen molar-refractivity contribution >= 4 is 45.4 Å². The van der Waals surface area contributed by atoms with Gasteiger partial charge in [-0.1, -0.05) is 35.6 Å². The Kier molecular flexibility index (Phi) is 7.50. The highest BCUT2D eigenvalue weighted by molar-refractivity contribution is 7.19. The Labute approximate surface area is 237 Å². The van der Waals surface area contributed by atoms with Crippen molar-refractivity contribution in [2.24, 2.45) is 0 Å². The number of rotatable bonds is 7. The number of hydrogen-bond acceptors (Lipinski definition) is 7. The number of piperazine rings is 1. The number of carbonyl (C=O) groups is 1. The monoisotopic (exact) mass is 549 g/mol. The average molecular weight is 550 g/mol. The van der Waals surface area contributed by atoms with Crippen molar-refractivity contribution in [1.82, 2.24) is 30.0 Å². The van der Waals surface area contributed by atoms with E-state index in [9.17, 15) is 4.79 Å². The quantitative estimate of drug-likeness (QED) is 0.276. The highest BCUT2D eigenvalue weighted by Gasteiger charge is 2.16. The van der Waals surface area contributed by atoms with Crippen molar-refractivity contribution in [3.63, 3.8) is 0 Å². The van der Waals surface area contributed by atoms with Gasteiger partial charge >= 0.3 is 0 Å². The van der Waals surface area contributed by atoms with E-state index in [4.69, 9.17) is 0 Å². The lowest BCUT2D eigenvalue weighted by Crippen LogP contribution is -2.43. The Balaban J connectivity index is 1.12. The van der Waals surface area contributed by atoms with E-state index in [0.717, 1.165) is 71.1 Å². The number of nitrogens with one attached hydrogen (secondary N) is 2. The highest BCUT2D eigenvalue weighted by atomic mass is 32.1. The molecule has 4 heterocycles. The normalized spacial score (nSPS) is 14.8. The number of aromatic nitrogens is 4. The van der Waals surface area contributed by atoms with Crippen molar-refractivity contribution in [1.29, 1.82) is 0 Å². The van der Waals surface area contributed by atoms with Crippen molar-refractivity contribution in [2.45, 2.75) is 13.5 Å². The second-order valence-corrected chi connectivity index (χ2v) is 11.1. The summed E-state index contributed by atoms with van der Waals surface area (Å²) >= 11 is 1.47. The summed E-state index contributed by atoms with van der Waals surface area (Å²) in [6.45, 7) is 7.21. The molecule has 0 spiro atoms. The summed E-state index contributed by atoms with van der Waals surface area (Å²) in [4.78, 5) is 27.7. The van der Waals surface area contributed by atoms with Crippen LogP contribution in [0.2, 0.25) is 0 Å². The lowest BCUT2D eigenvalue weighted by Gasteiger charge is -2.32. The Morgan fingerprint density at radius 3 is 2.65 bits per heavy atom. The minimum Gasteiger partial charge on any atom is -0.304 e. The molecule has 5 aromatic rings. The Morgan fingerprint density at radius 2 is 1.88 bits per heavy atom. The first-order valence-electron chi connectivity index (χ1n) is 13.4.